The van der Waals surface area contributed by atoms with Crippen LogP contribution in [0.3, 0.4) is 0 Å². The molecule has 1 N–H and O–H groups in total. The van der Waals surface area contributed by atoms with E-state index in [1.54, 1.807) is 18.5 Å². The van der Waals surface area contributed by atoms with Crippen LogP contribution in [-0.4, -0.2) is 100 Å². The zero-order chi connectivity index (χ0) is 43.9. The Hall–Kier alpha value is -4.62. The molecule has 0 fully saturated rings. The second kappa shape index (κ2) is 19.8. The number of furan rings is 1. The molecule has 0 bridgehead atoms. The number of ether oxygens (including phenoxy) is 2. The van der Waals surface area contributed by atoms with Crippen LogP contribution in [-0.2, 0) is 22.3 Å². The number of imidazole rings is 1. The predicted molar refractivity (Wildman–Crippen MR) is 248 cm³/mol. The lowest BCUT2D eigenvalue weighted by atomic mass is 10.1. The van der Waals surface area contributed by atoms with Crippen LogP contribution in [0, 0.1) is 10.1 Å². The van der Waals surface area contributed by atoms with Crippen molar-refractivity contribution in [3.63, 3.8) is 0 Å². The van der Waals surface area contributed by atoms with Crippen molar-refractivity contribution < 1.29 is 23.2 Å². The van der Waals surface area contributed by atoms with Crippen LogP contribution in [0.5, 0.6) is 5.75 Å². The largest absolute Gasteiger partial charge is 0.494 e. The minimum Gasteiger partial charge on any atom is -0.494 e. The number of aromatic nitrogens is 4. The highest BCUT2D eigenvalue weighted by Gasteiger charge is 2.45. The number of likely N-dealkylation sites (N-methyl/N-ethyl adjacent to an activating group) is 2. The summed E-state index contributed by atoms with van der Waals surface area (Å²) in [6.45, 7) is 23.5. The Balaban J connectivity index is 1.62. The van der Waals surface area contributed by atoms with Gasteiger partial charge in [0, 0.05) is 77.1 Å². The molecule has 0 atom stereocenters. The van der Waals surface area contributed by atoms with E-state index in [0.717, 1.165) is 46.3 Å². The summed E-state index contributed by atoms with van der Waals surface area (Å²) in [5.41, 5.74) is 5.77. The lowest BCUT2D eigenvalue weighted by Gasteiger charge is -2.42. The molecular formula is C44H66N8O6Si2. The summed E-state index contributed by atoms with van der Waals surface area (Å²) in [5.74, 6) is 1.48. The van der Waals surface area contributed by atoms with Gasteiger partial charge >= 0.3 is 0 Å². The molecule has 0 amide bonds. The lowest BCUT2D eigenvalue weighted by Crippen LogP contribution is -2.48. The maximum Gasteiger partial charge on any atom is 0.294 e. The van der Waals surface area contributed by atoms with E-state index >= 15 is 0 Å². The number of methoxy groups -OCH3 is 1. The number of rotatable bonds is 22. The standard InChI is InChI=1S/C44H66N8O6Si2/c1-30(2)60(31(3)4,32(5)6)58-23-18-41-48-42(34-15-14-33-17-22-57-39(33)26-34)43(51(41)29-56-24-25-59(11,12)13)35-16-19-45-44(46-35)47-36-27-38(52(53)54)37(28-40(36)55-10)50(9)21-20-49(7)8/h14-17,19,22,26-28,30-32H,18,20-21,23-25,29H2,1-13H3,(H,45,46,47). The first kappa shape index (κ1) is 46.4. The zero-order valence-electron chi connectivity index (χ0n) is 38.0. The van der Waals surface area contributed by atoms with Crippen LogP contribution < -0.4 is 15.0 Å². The third-order valence-corrected chi connectivity index (χ3v) is 19.1. The van der Waals surface area contributed by atoms with Crippen LogP contribution in [0.2, 0.25) is 42.3 Å². The molecule has 0 aliphatic rings. The molecule has 5 rings (SSSR count). The fourth-order valence-electron chi connectivity index (χ4n) is 8.16. The van der Waals surface area contributed by atoms with Gasteiger partial charge in [0.15, 0.2) is 8.32 Å². The van der Waals surface area contributed by atoms with Crippen molar-refractivity contribution in [2.45, 2.75) is 97.0 Å². The highest BCUT2D eigenvalue weighted by atomic mass is 28.4. The molecule has 0 unspecified atom stereocenters. The number of hydrogen-bond acceptors (Lipinski definition) is 12. The number of nitrogens with one attached hydrogen (secondary N) is 1. The minimum atomic E-state index is -2.15. The van der Waals surface area contributed by atoms with Gasteiger partial charge in [-0.05, 0) is 55.0 Å². The average Bonchev–Trinajstić information content (AvgIpc) is 3.80. The van der Waals surface area contributed by atoms with Crippen LogP contribution in [0.25, 0.3) is 33.6 Å². The monoisotopic (exact) mass is 858 g/mol. The summed E-state index contributed by atoms with van der Waals surface area (Å²) in [7, 11) is 3.78. The van der Waals surface area contributed by atoms with Gasteiger partial charge in [-0.2, -0.15) is 0 Å². The van der Waals surface area contributed by atoms with Crippen LogP contribution in [0.1, 0.15) is 47.4 Å². The van der Waals surface area contributed by atoms with Crippen molar-refractivity contribution in [2.75, 3.05) is 64.8 Å². The summed E-state index contributed by atoms with van der Waals surface area (Å²) in [5, 5.41) is 16.6. The number of hydrogen-bond donors (Lipinski definition) is 1. The molecule has 60 heavy (non-hydrogen) atoms. The van der Waals surface area contributed by atoms with Gasteiger partial charge in [0.25, 0.3) is 5.69 Å². The van der Waals surface area contributed by atoms with E-state index < -0.39 is 16.4 Å². The molecule has 0 spiro atoms. The van der Waals surface area contributed by atoms with Gasteiger partial charge in [-0.1, -0.05) is 73.3 Å². The van der Waals surface area contributed by atoms with E-state index in [2.05, 4.69) is 82.1 Å². The van der Waals surface area contributed by atoms with Gasteiger partial charge in [0.1, 0.15) is 29.6 Å². The van der Waals surface area contributed by atoms with Gasteiger partial charge in [-0.25, -0.2) is 15.0 Å². The highest BCUT2D eigenvalue weighted by molar-refractivity contribution is 6.77. The average molecular weight is 859 g/mol. The highest BCUT2D eigenvalue weighted by Crippen LogP contribution is 2.43. The Kier molecular flexibility index (Phi) is 15.4. The first-order valence-electron chi connectivity index (χ1n) is 21.0. The van der Waals surface area contributed by atoms with E-state index in [1.807, 2.05) is 55.2 Å². The molecule has 0 saturated carbocycles. The van der Waals surface area contributed by atoms with E-state index in [0.29, 0.717) is 65.6 Å². The zero-order valence-corrected chi connectivity index (χ0v) is 40.0. The number of fused-ring (bicyclic) bond motifs is 1. The first-order chi connectivity index (χ1) is 28.4. The molecule has 16 heteroatoms. The molecule has 3 heterocycles. The minimum absolute atomic E-state index is 0.0637. The molecule has 0 aliphatic carbocycles. The van der Waals surface area contributed by atoms with Gasteiger partial charge in [-0.3, -0.25) is 10.1 Å². The van der Waals surface area contributed by atoms with E-state index in [1.165, 1.54) is 13.2 Å². The fourth-order valence-corrected chi connectivity index (χ4v) is 14.4. The molecule has 0 aliphatic heterocycles. The third kappa shape index (κ3) is 10.8. The third-order valence-electron chi connectivity index (χ3n) is 11.3. The Morgan fingerprint density at radius 1 is 0.933 bits per heavy atom. The summed E-state index contributed by atoms with van der Waals surface area (Å²) >= 11 is 0. The summed E-state index contributed by atoms with van der Waals surface area (Å²) in [6, 6.07) is 14.1. The number of nitro benzene ring substituents is 1. The molecule has 326 valence electrons. The SMILES string of the molecule is COc1cc(N(C)CCN(C)C)c([N+](=O)[O-])cc1Nc1nccc(-c2c(-c3ccc4ccoc4c3)nc(CCO[Si](C(C)C)(C(C)C)C(C)C)n2COCC[Si](C)(C)C)n1. The Morgan fingerprint density at radius 2 is 1.65 bits per heavy atom. The van der Waals surface area contributed by atoms with E-state index in [9.17, 15) is 10.1 Å². The molecular weight excluding hydrogens is 793 g/mol. The fraction of sp³-hybridized carbons (Fsp3) is 0.523. The van der Waals surface area contributed by atoms with Crippen LogP contribution >= 0.6 is 0 Å². The van der Waals surface area contributed by atoms with E-state index in [4.69, 9.17) is 28.3 Å². The summed E-state index contributed by atoms with van der Waals surface area (Å²) in [4.78, 5) is 30.9. The van der Waals surface area contributed by atoms with Crippen molar-refractivity contribution >= 4 is 50.4 Å². The lowest BCUT2D eigenvalue weighted by molar-refractivity contribution is -0.384. The molecule has 0 saturated heterocycles. The van der Waals surface area contributed by atoms with Gasteiger partial charge in [-0.15, -0.1) is 0 Å². The first-order valence-corrected chi connectivity index (χ1v) is 26.8. The molecule has 5 aromatic rings. The van der Waals surface area contributed by atoms with Crippen molar-refractivity contribution in [1.82, 2.24) is 24.4 Å². The van der Waals surface area contributed by atoms with Crippen molar-refractivity contribution in [1.29, 1.82) is 0 Å². The maximum absolute atomic E-state index is 12.4. The smallest absolute Gasteiger partial charge is 0.294 e. The molecule has 2 aromatic carbocycles. The van der Waals surface area contributed by atoms with Crippen molar-refractivity contribution in [3.05, 3.63) is 70.9 Å². The normalized spacial score (nSPS) is 12.4. The predicted octanol–water partition coefficient (Wildman–Crippen LogP) is 10.5. The Labute approximate surface area is 357 Å². The Bertz CT molecular complexity index is 2190. The van der Waals surface area contributed by atoms with Gasteiger partial charge in [0.2, 0.25) is 5.95 Å². The number of anilines is 3. The number of benzene rings is 2. The number of nitrogens with zero attached hydrogens (tertiary/aromatic N) is 7. The molecule has 14 nitrogen and oxygen atoms in total. The summed E-state index contributed by atoms with van der Waals surface area (Å²) < 4.78 is 27.3. The van der Waals surface area contributed by atoms with E-state index in [-0.39, 0.29) is 23.3 Å². The Morgan fingerprint density at radius 3 is 2.28 bits per heavy atom. The van der Waals surface area contributed by atoms with Gasteiger partial charge in [0.05, 0.1) is 41.1 Å². The van der Waals surface area contributed by atoms with Gasteiger partial charge < -0.3 is 38.0 Å². The second-order valence-corrected chi connectivity index (χ2v) is 29.1. The maximum atomic E-state index is 12.4. The van der Waals surface area contributed by atoms with Crippen LogP contribution in [0.4, 0.5) is 23.0 Å². The van der Waals surface area contributed by atoms with Crippen molar-refractivity contribution in [2.24, 2.45) is 0 Å². The summed E-state index contributed by atoms with van der Waals surface area (Å²) in [6.07, 6.45) is 3.93. The molecule has 3 aromatic heterocycles. The molecule has 0 radical (unpaired) electrons. The quantitative estimate of drug-likeness (QED) is 0.0306. The second-order valence-electron chi connectivity index (χ2n) is 18.0. The number of nitro groups is 1. The van der Waals surface area contributed by atoms with Crippen LogP contribution in [0.15, 0.2) is 59.3 Å². The topological polar surface area (TPSA) is 146 Å². The van der Waals surface area contributed by atoms with Crippen molar-refractivity contribution in [3.8, 4) is 28.4 Å².